The van der Waals surface area contributed by atoms with Gasteiger partial charge in [0.2, 0.25) is 5.91 Å². The lowest BCUT2D eigenvalue weighted by molar-refractivity contribution is -0.122. The Kier molecular flexibility index (Phi) is 6.47. The molecule has 0 saturated carbocycles. The molecule has 1 atom stereocenters. The Morgan fingerprint density at radius 2 is 1.88 bits per heavy atom. The minimum absolute atomic E-state index is 0.135. The van der Waals surface area contributed by atoms with Crippen molar-refractivity contribution in [1.29, 1.82) is 0 Å². The van der Waals surface area contributed by atoms with Crippen LogP contribution in [0.2, 0.25) is 0 Å². The average Bonchev–Trinajstić information content (AvgIpc) is 2.32. The molecule has 0 spiro atoms. The van der Waals surface area contributed by atoms with Crippen LogP contribution in [0, 0.1) is 5.92 Å². The molecular formula is C12H26N4O. The van der Waals surface area contributed by atoms with Gasteiger partial charge in [0.25, 0.3) is 0 Å². The van der Waals surface area contributed by atoms with Crippen LogP contribution in [0.1, 0.15) is 13.8 Å². The second kappa shape index (κ2) is 7.63. The first-order valence-electron chi connectivity index (χ1n) is 6.57. The van der Waals surface area contributed by atoms with Crippen molar-refractivity contribution < 1.29 is 4.79 Å². The molecule has 0 aromatic carbocycles. The second-order valence-corrected chi connectivity index (χ2v) is 4.87. The summed E-state index contributed by atoms with van der Waals surface area (Å²) in [4.78, 5) is 16.1. The SMILES string of the molecule is CCNC(=O)CN1CCN(CC(C)CN)CC1. The second-order valence-electron chi connectivity index (χ2n) is 4.87. The largest absolute Gasteiger partial charge is 0.355 e. The lowest BCUT2D eigenvalue weighted by Gasteiger charge is -2.35. The summed E-state index contributed by atoms with van der Waals surface area (Å²) >= 11 is 0. The zero-order chi connectivity index (χ0) is 12.7. The van der Waals surface area contributed by atoms with Gasteiger partial charge in [-0.2, -0.15) is 0 Å². The summed E-state index contributed by atoms with van der Waals surface area (Å²) in [6, 6.07) is 0. The molecule has 0 aliphatic carbocycles. The van der Waals surface area contributed by atoms with E-state index in [1.54, 1.807) is 0 Å². The number of carbonyl (C=O) groups is 1. The Labute approximate surface area is 104 Å². The van der Waals surface area contributed by atoms with Crippen LogP contribution in [0.25, 0.3) is 0 Å². The van der Waals surface area contributed by atoms with Gasteiger partial charge in [-0.05, 0) is 19.4 Å². The maximum Gasteiger partial charge on any atom is 0.234 e. The summed E-state index contributed by atoms with van der Waals surface area (Å²) in [5.41, 5.74) is 5.63. The highest BCUT2D eigenvalue weighted by atomic mass is 16.2. The van der Waals surface area contributed by atoms with E-state index in [2.05, 4.69) is 22.0 Å². The maximum atomic E-state index is 11.4. The first kappa shape index (κ1) is 14.4. The van der Waals surface area contributed by atoms with Gasteiger partial charge < -0.3 is 16.0 Å². The van der Waals surface area contributed by atoms with E-state index < -0.39 is 0 Å². The Morgan fingerprint density at radius 3 is 2.41 bits per heavy atom. The molecule has 1 fully saturated rings. The highest BCUT2D eigenvalue weighted by Crippen LogP contribution is 2.04. The third-order valence-corrected chi connectivity index (χ3v) is 3.18. The number of nitrogens with two attached hydrogens (primary N) is 1. The molecule has 17 heavy (non-hydrogen) atoms. The molecule has 5 nitrogen and oxygen atoms in total. The fraction of sp³-hybridized carbons (Fsp3) is 0.917. The molecule has 0 radical (unpaired) electrons. The smallest absolute Gasteiger partial charge is 0.234 e. The molecular weight excluding hydrogens is 216 g/mol. The van der Waals surface area contributed by atoms with Crippen LogP contribution in [0.15, 0.2) is 0 Å². The van der Waals surface area contributed by atoms with Gasteiger partial charge in [-0.25, -0.2) is 0 Å². The molecule has 1 aliphatic rings. The number of amides is 1. The van der Waals surface area contributed by atoms with Gasteiger partial charge in [-0.3, -0.25) is 9.69 Å². The van der Waals surface area contributed by atoms with Crippen LogP contribution in [0.3, 0.4) is 0 Å². The van der Waals surface area contributed by atoms with E-state index in [-0.39, 0.29) is 5.91 Å². The number of nitrogens with zero attached hydrogens (tertiary/aromatic N) is 2. The summed E-state index contributed by atoms with van der Waals surface area (Å²) in [5.74, 6) is 0.696. The van der Waals surface area contributed by atoms with Crippen molar-refractivity contribution in [2.75, 3.05) is 52.4 Å². The maximum absolute atomic E-state index is 11.4. The van der Waals surface area contributed by atoms with Crippen LogP contribution in [0.4, 0.5) is 0 Å². The van der Waals surface area contributed by atoms with Crippen molar-refractivity contribution in [3.63, 3.8) is 0 Å². The molecule has 1 amide bonds. The topological polar surface area (TPSA) is 61.6 Å². The van der Waals surface area contributed by atoms with Crippen molar-refractivity contribution in [3.8, 4) is 0 Å². The molecule has 0 aromatic heterocycles. The summed E-state index contributed by atoms with van der Waals surface area (Å²) in [5, 5.41) is 2.83. The van der Waals surface area contributed by atoms with Gasteiger partial charge in [0.05, 0.1) is 6.54 Å². The van der Waals surface area contributed by atoms with Gasteiger partial charge in [0.1, 0.15) is 0 Å². The predicted molar refractivity (Wildman–Crippen MR) is 69.8 cm³/mol. The summed E-state index contributed by atoms with van der Waals surface area (Å²) in [6.45, 7) is 11.3. The van der Waals surface area contributed by atoms with E-state index >= 15 is 0 Å². The number of hydrogen-bond acceptors (Lipinski definition) is 4. The van der Waals surface area contributed by atoms with Crippen LogP contribution >= 0.6 is 0 Å². The highest BCUT2D eigenvalue weighted by molar-refractivity contribution is 5.77. The Morgan fingerprint density at radius 1 is 1.29 bits per heavy atom. The molecule has 1 rings (SSSR count). The van der Waals surface area contributed by atoms with Gasteiger partial charge in [-0.1, -0.05) is 6.92 Å². The first-order chi connectivity index (χ1) is 8.15. The van der Waals surface area contributed by atoms with Crippen LogP contribution in [-0.2, 0) is 4.79 Å². The number of hydrogen-bond donors (Lipinski definition) is 2. The van der Waals surface area contributed by atoms with E-state index in [1.807, 2.05) is 6.92 Å². The molecule has 0 aromatic rings. The number of likely N-dealkylation sites (N-methyl/N-ethyl adjacent to an activating group) is 1. The van der Waals surface area contributed by atoms with Gasteiger partial charge in [-0.15, -0.1) is 0 Å². The normalized spacial score (nSPS) is 20.2. The molecule has 0 bridgehead atoms. The van der Waals surface area contributed by atoms with Gasteiger partial charge in [0, 0.05) is 39.3 Å². The lowest BCUT2D eigenvalue weighted by atomic mass is 10.1. The summed E-state index contributed by atoms with van der Waals surface area (Å²) in [6.07, 6.45) is 0. The van der Waals surface area contributed by atoms with E-state index in [0.717, 1.165) is 39.3 Å². The summed E-state index contributed by atoms with van der Waals surface area (Å²) in [7, 11) is 0. The highest BCUT2D eigenvalue weighted by Gasteiger charge is 2.19. The number of nitrogens with one attached hydrogen (secondary N) is 1. The Hall–Kier alpha value is -0.650. The first-order valence-corrected chi connectivity index (χ1v) is 6.57. The molecule has 1 saturated heterocycles. The third-order valence-electron chi connectivity index (χ3n) is 3.18. The molecule has 100 valence electrons. The van der Waals surface area contributed by atoms with E-state index in [1.165, 1.54) is 0 Å². The monoisotopic (exact) mass is 242 g/mol. The molecule has 1 heterocycles. The number of rotatable bonds is 6. The third kappa shape index (κ3) is 5.48. The minimum atomic E-state index is 0.135. The Bertz CT molecular complexity index is 227. The van der Waals surface area contributed by atoms with Crippen molar-refractivity contribution in [3.05, 3.63) is 0 Å². The quantitative estimate of drug-likeness (QED) is 0.649. The molecule has 1 unspecified atom stereocenters. The fourth-order valence-corrected chi connectivity index (χ4v) is 2.10. The van der Waals surface area contributed by atoms with Crippen molar-refractivity contribution in [2.24, 2.45) is 11.7 Å². The minimum Gasteiger partial charge on any atom is -0.355 e. The van der Waals surface area contributed by atoms with Crippen molar-refractivity contribution in [1.82, 2.24) is 15.1 Å². The standard InChI is InChI=1S/C12H26N4O/c1-3-14-12(17)10-16-6-4-15(5-7-16)9-11(2)8-13/h11H,3-10,13H2,1-2H3,(H,14,17). The van der Waals surface area contributed by atoms with E-state index in [4.69, 9.17) is 5.73 Å². The van der Waals surface area contributed by atoms with E-state index in [0.29, 0.717) is 19.0 Å². The molecule has 5 heteroatoms. The van der Waals surface area contributed by atoms with Gasteiger partial charge >= 0.3 is 0 Å². The molecule has 1 aliphatic heterocycles. The van der Waals surface area contributed by atoms with Crippen LogP contribution in [-0.4, -0.2) is 68.1 Å². The van der Waals surface area contributed by atoms with Crippen molar-refractivity contribution >= 4 is 5.91 Å². The van der Waals surface area contributed by atoms with Gasteiger partial charge in [0.15, 0.2) is 0 Å². The summed E-state index contributed by atoms with van der Waals surface area (Å²) < 4.78 is 0. The fourth-order valence-electron chi connectivity index (χ4n) is 2.10. The van der Waals surface area contributed by atoms with E-state index in [9.17, 15) is 4.79 Å². The average molecular weight is 242 g/mol. The van der Waals surface area contributed by atoms with Crippen molar-refractivity contribution in [2.45, 2.75) is 13.8 Å². The Balaban J connectivity index is 2.19. The number of carbonyl (C=O) groups excluding carboxylic acids is 1. The predicted octanol–water partition coefficient (Wildman–Crippen LogP) is -0.665. The number of piperazine rings is 1. The van der Waals surface area contributed by atoms with Crippen LogP contribution < -0.4 is 11.1 Å². The zero-order valence-electron chi connectivity index (χ0n) is 11.1. The zero-order valence-corrected chi connectivity index (χ0v) is 11.1. The lowest BCUT2D eigenvalue weighted by Crippen LogP contribution is -2.50. The molecule has 3 N–H and O–H groups in total. The van der Waals surface area contributed by atoms with Crippen LogP contribution in [0.5, 0.6) is 0 Å².